The Kier molecular flexibility index (Phi) is 8.15. The molecule has 0 bridgehead atoms. The van der Waals surface area contributed by atoms with Gasteiger partial charge in [0, 0.05) is 0 Å². The Morgan fingerprint density at radius 2 is 2.10 bits per heavy atom. The first-order valence-corrected chi connectivity index (χ1v) is 6.47. The third-order valence-corrected chi connectivity index (χ3v) is 2.68. The molecular formula is C14H19NO4S. The third-order valence-electron chi connectivity index (χ3n) is 2.47. The molecule has 0 saturated heterocycles. The first kappa shape index (κ1) is 18.0. The maximum atomic E-state index is 11.8. The predicted molar refractivity (Wildman–Crippen MR) is 80.9 cm³/mol. The van der Waals surface area contributed by atoms with Gasteiger partial charge in [-0.2, -0.15) is 0 Å². The molecule has 0 aliphatic heterocycles. The number of esters is 2. The lowest BCUT2D eigenvalue weighted by atomic mass is 10.1. The summed E-state index contributed by atoms with van der Waals surface area (Å²) in [5, 5.41) is 9.55. The van der Waals surface area contributed by atoms with Crippen LogP contribution in [0, 0.1) is 5.92 Å². The van der Waals surface area contributed by atoms with E-state index in [-0.39, 0.29) is 11.3 Å². The van der Waals surface area contributed by atoms with Gasteiger partial charge in [-0.25, -0.2) is 4.79 Å². The summed E-state index contributed by atoms with van der Waals surface area (Å²) in [4.78, 5) is 23.8. The molecule has 5 nitrogen and oxygen atoms in total. The fraction of sp³-hybridized carbons (Fsp3) is 0.357. The van der Waals surface area contributed by atoms with E-state index in [1.165, 1.54) is 18.2 Å². The molecule has 3 N–H and O–H groups in total. The highest BCUT2D eigenvalue weighted by atomic mass is 32.1. The van der Waals surface area contributed by atoms with Crippen molar-refractivity contribution in [2.24, 2.45) is 11.7 Å². The van der Waals surface area contributed by atoms with Crippen LogP contribution in [-0.2, 0) is 14.3 Å². The number of rotatable bonds is 7. The quantitative estimate of drug-likeness (QED) is 0.187. The summed E-state index contributed by atoms with van der Waals surface area (Å²) >= 11 is 4.71. The van der Waals surface area contributed by atoms with Crippen LogP contribution in [0.15, 0.2) is 36.1 Å². The molecule has 0 heterocycles. The van der Waals surface area contributed by atoms with E-state index in [0.717, 1.165) is 0 Å². The minimum absolute atomic E-state index is 0.127. The van der Waals surface area contributed by atoms with Crippen molar-refractivity contribution >= 4 is 29.1 Å². The number of carbonyl (C=O) groups excluding carboxylic acids is 2. The minimum atomic E-state index is -0.923. The van der Waals surface area contributed by atoms with E-state index in [2.05, 4.69) is 6.58 Å². The second-order valence-electron chi connectivity index (χ2n) is 4.10. The molecular weight excluding hydrogens is 278 g/mol. The molecule has 0 rings (SSSR count). The van der Waals surface area contributed by atoms with Crippen LogP contribution in [0.4, 0.5) is 0 Å². The Morgan fingerprint density at radius 3 is 2.55 bits per heavy atom. The average Bonchev–Trinajstić information content (AvgIpc) is 2.40. The summed E-state index contributed by atoms with van der Waals surface area (Å²) in [6.45, 7) is 6.59. The first-order valence-electron chi connectivity index (χ1n) is 6.06. The molecule has 0 aromatic rings. The summed E-state index contributed by atoms with van der Waals surface area (Å²) in [6, 6.07) is 0. The van der Waals surface area contributed by atoms with Crippen LogP contribution in [0.25, 0.3) is 0 Å². The van der Waals surface area contributed by atoms with Gasteiger partial charge in [0.25, 0.3) is 0 Å². The summed E-state index contributed by atoms with van der Waals surface area (Å²) in [5.41, 5.74) is 5.21. The number of nitrogens with two attached hydrogens (primary N) is 1. The number of aliphatic hydroxyl groups excluding tert-OH is 1. The van der Waals surface area contributed by atoms with Gasteiger partial charge < -0.3 is 15.6 Å². The molecule has 20 heavy (non-hydrogen) atoms. The fourth-order valence-electron chi connectivity index (χ4n) is 1.25. The van der Waals surface area contributed by atoms with Gasteiger partial charge in [-0.15, -0.1) is 0 Å². The van der Waals surface area contributed by atoms with Crippen molar-refractivity contribution in [3.63, 3.8) is 0 Å². The molecule has 0 amide bonds. The van der Waals surface area contributed by atoms with Gasteiger partial charge in [0.05, 0.1) is 10.9 Å². The average molecular weight is 297 g/mol. The molecule has 0 spiro atoms. The number of carbonyl (C=O) groups is 2. The lowest BCUT2D eigenvalue weighted by Crippen LogP contribution is -2.22. The van der Waals surface area contributed by atoms with Gasteiger partial charge in [0.15, 0.2) is 0 Å². The van der Waals surface area contributed by atoms with Crippen LogP contribution < -0.4 is 5.73 Å². The van der Waals surface area contributed by atoms with E-state index in [0.29, 0.717) is 17.8 Å². The standard InChI is InChI=1S/C14H19NO4S/c1-4-6-10(11(16)5-2)14(18)19-13(17)9(3)7-8-12(15)20/h4-6,9,16H,1,7-8H2,2-3H3,(H2,15,20)/b10-6+,11-5+. The van der Waals surface area contributed by atoms with Crippen molar-refractivity contribution in [2.75, 3.05) is 0 Å². The Morgan fingerprint density at radius 1 is 1.50 bits per heavy atom. The fourth-order valence-corrected chi connectivity index (χ4v) is 1.37. The van der Waals surface area contributed by atoms with Crippen LogP contribution in [0.5, 0.6) is 0 Å². The molecule has 6 heteroatoms. The smallest absolute Gasteiger partial charge is 0.349 e. The topological polar surface area (TPSA) is 89.6 Å². The van der Waals surface area contributed by atoms with Gasteiger partial charge in [-0.05, 0) is 31.9 Å². The van der Waals surface area contributed by atoms with E-state index >= 15 is 0 Å². The van der Waals surface area contributed by atoms with Crippen molar-refractivity contribution in [1.29, 1.82) is 0 Å². The SMILES string of the molecule is C=C/C=C(C(=O)OC(=O)C(C)CCC(N)=S)\C(O)=C/C. The van der Waals surface area contributed by atoms with Gasteiger partial charge >= 0.3 is 11.9 Å². The number of aliphatic hydroxyl groups is 1. The van der Waals surface area contributed by atoms with Gasteiger partial charge in [-0.1, -0.05) is 31.8 Å². The number of ether oxygens (including phenoxy) is 1. The molecule has 1 atom stereocenters. The largest absolute Gasteiger partial charge is 0.507 e. The second-order valence-corrected chi connectivity index (χ2v) is 4.63. The Labute approximate surface area is 123 Å². The highest BCUT2D eigenvalue weighted by molar-refractivity contribution is 7.80. The minimum Gasteiger partial charge on any atom is -0.507 e. The first-order chi connectivity index (χ1) is 9.33. The zero-order valence-corrected chi connectivity index (χ0v) is 12.4. The van der Waals surface area contributed by atoms with Crippen molar-refractivity contribution in [1.82, 2.24) is 0 Å². The summed E-state index contributed by atoms with van der Waals surface area (Å²) in [6.07, 6.45) is 4.70. The molecule has 0 radical (unpaired) electrons. The maximum Gasteiger partial charge on any atom is 0.349 e. The summed E-state index contributed by atoms with van der Waals surface area (Å²) < 4.78 is 4.70. The van der Waals surface area contributed by atoms with Gasteiger partial charge in [0.2, 0.25) is 0 Å². The van der Waals surface area contributed by atoms with E-state index in [1.54, 1.807) is 13.8 Å². The van der Waals surface area contributed by atoms with Gasteiger partial charge in [0.1, 0.15) is 11.3 Å². The zero-order chi connectivity index (χ0) is 15.7. The van der Waals surface area contributed by atoms with Crippen LogP contribution in [-0.4, -0.2) is 22.0 Å². The monoisotopic (exact) mass is 297 g/mol. The van der Waals surface area contributed by atoms with Crippen LogP contribution in [0.1, 0.15) is 26.7 Å². The lowest BCUT2D eigenvalue weighted by Gasteiger charge is -2.10. The predicted octanol–water partition coefficient (Wildman–Crippen LogP) is 2.33. The third kappa shape index (κ3) is 6.29. The van der Waals surface area contributed by atoms with Crippen LogP contribution in [0.2, 0.25) is 0 Å². The Bertz CT molecular complexity index is 466. The lowest BCUT2D eigenvalue weighted by molar-refractivity contribution is -0.159. The molecule has 110 valence electrons. The number of thiocarbonyl (C=S) groups is 1. The normalized spacial score (nSPS) is 13.5. The van der Waals surface area contributed by atoms with E-state index in [1.807, 2.05) is 0 Å². The zero-order valence-electron chi connectivity index (χ0n) is 11.6. The molecule has 0 fully saturated rings. The Balaban J connectivity index is 4.73. The van der Waals surface area contributed by atoms with Crippen molar-refractivity contribution in [3.05, 3.63) is 36.1 Å². The van der Waals surface area contributed by atoms with E-state index in [4.69, 9.17) is 22.7 Å². The van der Waals surface area contributed by atoms with E-state index < -0.39 is 17.9 Å². The van der Waals surface area contributed by atoms with Crippen molar-refractivity contribution < 1.29 is 19.4 Å². The van der Waals surface area contributed by atoms with Crippen LogP contribution >= 0.6 is 12.2 Å². The molecule has 0 aromatic carbocycles. The van der Waals surface area contributed by atoms with E-state index in [9.17, 15) is 14.7 Å². The molecule has 0 aliphatic carbocycles. The number of hydrogen-bond donors (Lipinski definition) is 2. The summed E-state index contributed by atoms with van der Waals surface area (Å²) in [5.74, 6) is -2.41. The number of allylic oxidation sites excluding steroid dienone is 3. The Hall–Kier alpha value is -1.95. The molecule has 1 unspecified atom stereocenters. The highest BCUT2D eigenvalue weighted by Gasteiger charge is 2.22. The van der Waals surface area contributed by atoms with Crippen molar-refractivity contribution in [2.45, 2.75) is 26.7 Å². The summed E-state index contributed by atoms with van der Waals surface area (Å²) in [7, 11) is 0. The molecule has 0 saturated carbocycles. The van der Waals surface area contributed by atoms with Crippen molar-refractivity contribution in [3.8, 4) is 0 Å². The van der Waals surface area contributed by atoms with Crippen LogP contribution in [0.3, 0.4) is 0 Å². The highest BCUT2D eigenvalue weighted by Crippen LogP contribution is 2.13. The van der Waals surface area contributed by atoms with Gasteiger partial charge in [-0.3, -0.25) is 4.79 Å². The second kappa shape index (κ2) is 9.03. The maximum absolute atomic E-state index is 11.8. The number of hydrogen-bond acceptors (Lipinski definition) is 5. The molecule has 0 aliphatic rings. The molecule has 0 aromatic heterocycles.